The molecule has 0 aromatic heterocycles. The molecule has 3 rings (SSSR count). The molecule has 2 fully saturated rings. The first-order valence-corrected chi connectivity index (χ1v) is 12.5. The van der Waals surface area contributed by atoms with E-state index in [-0.39, 0.29) is 23.7 Å². The zero-order valence-electron chi connectivity index (χ0n) is 20.6. The van der Waals surface area contributed by atoms with Crippen LogP contribution in [0.2, 0.25) is 0 Å². The number of carbonyl (C=O) groups excluding carboxylic acids is 1. The van der Waals surface area contributed by atoms with Crippen LogP contribution in [0.4, 0.5) is 32.0 Å². The van der Waals surface area contributed by atoms with Crippen LogP contribution in [-0.4, -0.2) is 63.3 Å². The lowest BCUT2D eigenvalue weighted by Gasteiger charge is -2.37. The summed E-state index contributed by atoms with van der Waals surface area (Å²) in [6.07, 6.45) is -3.54. The van der Waals surface area contributed by atoms with Crippen molar-refractivity contribution in [3.8, 4) is 0 Å². The predicted octanol–water partition coefficient (Wildman–Crippen LogP) is 5.34. The number of amides is 1. The zero-order valence-corrected chi connectivity index (χ0v) is 20.6. The minimum atomic E-state index is -4.84. The Hall–Kier alpha value is -2.01. The van der Waals surface area contributed by atoms with E-state index in [1.165, 1.54) is 0 Å². The summed E-state index contributed by atoms with van der Waals surface area (Å²) in [6, 6.07) is 2.00. The summed E-state index contributed by atoms with van der Waals surface area (Å²) in [5.41, 5.74) is -2.60. The molecule has 1 aliphatic heterocycles. The number of nitrogens with zero attached hydrogens (tertiary/aromatic N) is 2. The number of anilines is 1. The molecule has 1 saturated carbocycles. The fourth-order valence-corrected chi connectivity index (χ4v) is 4.99. The highest BCUT2D eigenvalue weighted by atomic mass is 19.4. The van der Waals surface area contributed by atoms with Gasteiger partial charge in [-0.15, -0.1) is 0 Å². The van der Waals surface area contributed by atoms with Crippen LogP contribution < -0.4 is 10.2 Å². The van der Waals surface area contributed by atoms with E-state index < -0.39 is 23.5 Å². The first kappa shape index (κ1) is 28.6. The van der Waals surface area contributed by atoms with E-state index in [1.807, 2.05) is 0 Å². The number of rotatable bonds is 9. The zero-order chi connectivity index (χ0) is 26.3. The van der Waals surface area contributed by atoms with Gasteiger partial charge in [0.2, 0.25) is 5.91 Å². The number of hydrogen-bond donors (Lipinski definition) is 1. The van der Waals surface area contributed by atoms with Crippen LogP contribution in [0, 0.1) is 5.92 Å². The quantitative estimate of drug-likeness (QED) is 0.351. The lowest BCUT2D eigenvalue weighted by Crippen LogP contribution is -2.47. The molecule has 1 amide bonds. The topological polar surface area (TPSA) is 44.8 Å². The Morgan fingerprint density at radius 1 is 0.944 bits per heavy atom. The number of benzene rings is 1. The van der Waals surface area contributed by atoms with E-state index in [0.29, 0.717) is 51.5 Å². The molecule has 1 heterocycles. The van der Waals surface area contributed by atoms with Gasteiger partial charge in [0.25, 0.3) is 0 Å². The van der Waals surface area contributed by atoms with Crippen LogP contribution in [0.3, 0.4) is 0 Å². The second-order valence-corrected chi connectivity index (χ2v) is 9.76. The van der Waals surface area contributed by atoms with E-state index >= 15 is 0 Å². The molecule has 0 spiro atoms. The second-order valence-electron chi connectivity index (χ2n) is 9.76. The molecule has 36 heavy (non-hydrogen) atoms. The molecule has 1 saturated heterocycles. The molecular formula is C25H35F6N3O2. The smallest absolute Gasteiger partial charge is 0.385 e. The average Bonchev–Trinajstić information content (AvgIpc) is 2.83. The van der Waals surface area contributed by atoms with Gasteiger partial charge in [-0.05, 0) is 69.2 Å². The van der Waals surface area contributed by atoms with Crippen molar-refractivity contribution in [1.82, 2.24) is 10.2 Å². The summed E-state index contributed by atoms with van der Waals surface area (Å²) in [5, 5.41) is 3.10. The standard InChI is InChI=1S/C25H35F6N3O2/c1-36-14-2-3-23(35)32-21-6-4-18(5-7-21)8-9-33-10-12-34(13-11-33)22-16-19(24(26,27)28)15-20(17-22)25(29,30)31/h15-18,21H,2-14H2,1H3,(H,32,35)/t18-,21-. The summed E-state index contributed by atoms with van der Waals surface area (Å²) in [6.45, 7) is 3.35. The first-order chi connectivity index (χ1) is 17.0. The lowest BCUT2D eigenvalue weighted by molar-refractivity contribution is -0.143. The van der Waals surface area contributed by atoms with Crippen molar-refractivity contribution in [2.24, 2.45) is 5.92 Å². The van der Waals surface area contributed by atoms with Gasteiger partial charge in [0, 0.05) is 58.0 Å². The van der Waals surface area contributed by atoms with Gasteiger partial charge >= 0.3 is 12.4 Å². The molecule has 0 bridgehead atoms. The van der Waals surface area contributed by atoms with Crippen molar-refractivity contribution in [3.05, 3.63) is 29.3 Å². The molecule has 0 radical (unpaired) electrons. The third-order valence-corrected chi connectivity index (χ3v) is 7.13. The van der Waals surface area contributed by atoms with Crippen LogP contribution in [0.5, 0.6) is 0 Å². The number of carbonyl (C=O) groups is 1. The van der Waals surface area contributed by atoms with E-state index in [9.17, 15) is 31.1 Å². The van der Waals surface area contributed by atoms with Crippen molar-refractivity contribution in [2.45, 2.75) is 63.3 Å². The maximum atomic E-state index is 13.2. The fourth-order valence-electron chi connectivity index (χ4n) is 4.99. The Labute approximate surface area is 208 Å². The maximum absolute atomic E-state index is 13.2. The van der Waals surface area contributed by atoms with E-state index in [4.69, 9.17) is 4.74 Å². The Balaban J connectivity index is 1.43. The SMILES string of the molecule is COCCCC(=O)N[C@H]1CC[C@H](CCN2CCN(c3cc(C(F)(F)F)cc(C(F)(F)F)c3)CC2)CC1. The van der Waals surface area contributed by atoms with Crippen LogP contribution in [-0.2, 0) is 21.9 Å². The van der Waals surface area contributed by atoms with E-state index in [2.05, 4.69) is 10.2 Å². The summed E-state index contributed by atoms with van der Waals surface area (Å²) < 4.78 is 84.0. The van der Waals surface area contributed by atoms with Crippen LogP contribution in [0.25, 0.3) is 0 Å². The molecule has 1 N–H and O–H groups in total. The number of piperazine rings is 1. The minimum absolute atomic E-state index is 0.0422. The first-order valence-electron chi connectivity index (χ1n) is 12.5. The van der Waals surface area contributed by atoms with Crippen molar-refractivity contribution >= 4 is 11.6 Å². The van der Waals surface area contributed by atoms with Gasteiger partial charge in [-0.1, -0.05) is 0 Å². The van der Waals surface area contributed by atoms with Crippen molar-refractivity contribution < 1.29 is 35.9 Å². The van der Waals surface area contributed by atoms with Crippen molar-refractivity contribution in [3.63, 3.8) is 0 Å². The fraction of sp³-hybridized carbons (Fsp3) is 0.720. The van der Waals surface area contributed by atoms with Crippen LogP contribution >= 0.6 is 0 Å². The molecule has 11 heteroatoms. The van der Waals surface area contributed by atoms with Gasteiger partial charge in [-0.3, -0.25) is 9.69 Å². The van der Waals surface area contributed by atoms with Gasteiger partial charge in [0.05, 0.1) is 11.1 Å². The molecular weight excluding hydrogens is 488 g/mol. The third kappa shape index (κ3) is 8.54. The number of hydrogen-bond acceptors (Lipinski definition) is 4. The number of nitrogens with one attached hydrogen (secondary N) is 1. The Morgan fingerprint density at radius 3 is 2.06 bits per heavy atom. The molecule has 1 aliphatic carbocycles. The van der Waals surface area contributed by atoms with Crippen LogP contribution in [0.15, 0.2) is 18.2 Å². The number of methoxy groups -OCH3 is 1. The molecule has 1 aromatic rings. The third-order valence-electron chi connectivity index (χ3n) is 7.13. The maximum Gasteiger partial charge on any atom is 0.416 e. The molecule has 204 valence electrons. The summed E-state index contributed by atoms with van der Waals surface area (Å²) in [5.74, 6) is 0.624. The molecule has 1 aromatic carbocycles. The van der Waals surface area contributed by atoms with Crippen molar-refractivity contribution in [2.75, 3.05) is 51.3 Å². The van der Waals surface area contributed by atoms with Gasteiger partial charge < -0.3 is 15.0 Å². The van der Waals surface area contributed by atoms with Gasteiger partial charge in [-0.2, -0.15) is 26.3 Å². The highest BCUT2D eigenvalue weighted by Crippen LogP contribution is 2.38. The Kier molecular flexibility index (Phi) is 9.91. The van der Waals surface area contributed by atoms with Gasteiger partial charge in [-0.25, -0.2) is 0 Å². The summed E-state index contributed by atoms with van der Waals surface area (Å²) in [7, 11) is 1.61. The Bertz CT molecular complexity index is 813. The highest BCUT2D eigenvalue weighted by Gasteiger charge is 2.37. The molecule has 0 unspecified atom stereocenters. The largest absolute Gasteiger partial charge is 0.416 e. The van der Waals surface area contributed by atoms with Crippen molar-refractivity contribution in [1.29, 1.82) is 0 Å². The number of halogens is 6. The summed E-state index contributed by atoms with van der Waals surface area (Å²) >= 11 is 0. The monoisotopic (exact) mass is 523 g/mol. The van der Waals surface area contributed by atoms with E-state index in [0.717, 1.165) is 50.8 Å². The van der Waals surface area contributed by atoms with Gasteiger partial charge in [0.15, 0.2) is 0 Å². The van der Waals surface area contributed by atoms with Crippen LogP contribution in [0.1, 0.15) is 56.1 Å². The van der Waals surface area contributed by atoms with E-state index in [1.54, 1.807) is 12.0 Å². The molecule has 2 aliphatic rings. The summed E-state index contributed by atoms with van der Waals surface area (Å²) in [4.78, 5) is 15.8. The average molecular weight is 524 g/mol. The molecule has 0 atom stereocenters. The molecule has 5 nitrogen and oxygen atoms in total. The predicted molar refractivity (Wildman–Crippen MR) is 125 cm³/mol. The number of alkyl halides is 6. The normalized spacial score (nSPS) is 22.0. The Morgan fingerprint density at radius 2 is 1.53 bits per heavy atom. The second kappa shape index (κ2) is 12.5. The minimum Gasteiger partial charge on any atom is -0.385 e. The highest BCUT2D eigenvalue weighted by molar-refractivity contribution is 5.76. The number of ether oxygens (including phenoxy) is 1. The lowest BCUT2D eigenvalue weighted by atomic mass is 9.84. The van der Waals surface area contributed by atoms with Gasteiger partial charge in [0.1, 0.15) is 0 Å².